The van der Waals surface area contributed by atoms with E-state index in [2.05, 4.69) is 4.74 Å². The zero-order valence-electron chi connectivity index (χ0n) is 10.8. The normalized spacial score (nSPS) is 11.9. The minimum Gasteiger partial charge on any atom is -0.477 e. The van der Waals surface area contributed by atoms with Crippen LogP contribution in [0, 0.1) is 0 Å². The van der Waals surface area contributed by atoms with E-state index in [0.29, 0.717) is 0 Å². The van der Waals surface area contributed by atoms with Crippen molar-refractivity contribution < 1.29 is 37.3 Å². The maximum Gasteiger partial charge on any atom is 0.422 e. The van der Waals surface area contributed by atoms with Gasteiger partial charge in [0.05, 0.1) is 0 Å². The molecule has 1 aromatic carbocycles. The van der Waals surface area contributed by atoms with Crippen LogP contribution in [0.15, 0.2) is 30.0 Å². The molecule has 1 rings (SSSR count). The van der Waals surface area contributed by atoms with E-state index < -0.39 is 30.5 Å². The van der Waals surface area contributed by atoms with Gasteiger partial charge in [-0.25, -0.2) is 4.79 Å². The predicted octanol–water partition coefficient (Wildman–Crippen LogP) is 2.62. The molecule has 0 aliphatic heterocycles. The van der Waals surface area contributed by atoms with E-state index in [1.54, 1.807) is 0 Å². The molecule has 0 bridgehead atoms. The first-order valence-electron chi connectivity index (χ1n) is 5.60. The van der Waals surface area contributed by atoms with E-state index in [1.165, 1.54) is 31.2 Å². The largest absolute Gasteiger partial charge is 0.477 e. The van der Waals surface area contributed by atoms with Crippen molar-refractivity contribution >= 4 is 18.0 Å². The summed E-state index contributed by atoms with van der Waals surface area (Å²) in [6.07, 6.45) is -3.70. The van der Waals surface area contributed by atoms with Crippen LogP contribution < -0.4 is 4.74 Å². The summed E-state index contributed by atoms with van der Waals surface area (Å²) in [4.78, 5) is 21.5. The molecule has 1 aromatic rings. The van der Waals surface area contributed by atoms with Crippen molar-refractivity contribution in [2.45, 2.75) is 13.1 Å². The third kappa shape index (κ3) is 6.46. The van der Waals surface area contributed by atoms with Crippen LogP contribution in [0.2, 0.25) is 0 Å². The average Bonchev–Trinajstić information content (AvgIpc) is 2.34. The maximum absolute atomic E-state index is 12.0. The summed E-state index contributed by atoms with van der Waals surface area (Å²) in [6, 6.07) is 5.49. The second-order valence-corrected chi connectivity index (χ2v) is 3.88. The van der Waals surface area contributed by atoms with Crippen molar-refractivity contribution in [1.29, 1.82) is 0 Å². The van der Waals surface area contributed by atoms with Crippen molar-refractivity contribution in [2.75, 3.05) is 6.61 Å². The number of halogens is 3. The van der Waals surface area contributed by atoms with Gasteiger partial charge in [0.1, 0.15) is 5.75 Å². The van der Waals surface area contributed by atoms with E-state index in [9.17, 15) is 22.8 Å². The van der Waals surface area contributed by atoms with Gasteiger partial charge in [-0.05, 0) is 23.8 Å². The Bertz CT molecular complexity index is 546. The number of aliphatic carboxylic acids is 1. The molecule has 0 heterocycles. The number of rotatable bonds is 5. The molecule has 0 amide bonds. The Hall–Kier alpha value is -2.51. The molecule has 0 aromatic heterocycles. The molecule has 0 atom stereocenters. The number of carboxylic acid groups (broad SMARTS) is 1. The third-order valence-corrected chi connectivity index (χ3v) is 2.04. The lowest BCUT2D eigenvalue weighted by molar-refractivity contribution is -0.169. The Kier molecular flexibility index (Phi) is 5.34. The predicted molar refractivity (Wildman–Crippen MR) is 65.4 cm³/mol. The van der Waals surface area contributed by atoms with Crippen LogP contribution in [-0.4, -0.2) is 29.8 Å². The van der Waals surface area contributed by atoms with Crippen molar-refractivity contribution in [3.63, 3.8) is 0 Å². The minimum absolute atomic E-state index is 0.229. The number of ether oxygens (including phenoxy) is 2. The standard InChI is InChI=1S/C13H11F3O5/c1-8(17)21-10-4-2-9(3-5-10)6-11(12(18)19)20-7-13(14,15)16/h2-6H,7H2,1H3,(H,18,19)/b11-6-. The zero-order chi connectivity index (χ0) is 16.0. The van der Waals surface area contributed by atoms with Crippen LogP contribution in [0.25, 0.3) is 6.08 Å². The minimum atomic E-state index is -4.63. The summed E-state index contributed by atoms with van der Waals surface area (Å²) in [5, 5.41) is 8.77. The Balaban J connectivity index is 2.85. The molecule has 0 spiro atoms. The smallest absolute Gasteiger partial charge is 0.422 e. The lowest BCUT2D eigenvalue weighted by Gasteiger charge is -2.09. The van der Waals surface area contributed by atoms with Gasteiger partial charge in [0.25, 0.3) is 0 Å². The van der Waals surface area contributed by atoms with Gasteiger partial charge in [0, 0.05) is 6.92 Å². The van der Waals surface area contributed by atoms with Gasteiger partial charge in [-0.1, -0.05) is 12.1 Å². The highest BCUT2D eigenvalue weighted by Crippen LogP contribution is 2.19. The first-order chi connectivity index (χ1) is 9.67. The van der Waals surface area contributed by atoms with Gasteiger partial charge in [-0.3, -0.25) is 4.79 Å². The maximum atomic E-state index is 12.0. The van der Waals surface area contributed by atoms with Gasteiger partial charge in [0.15, 0.2) is 6.61 Å². The van der Waals surface area contributed by atoms with Crippen LogP contribution in [0.4, 0.5) is 13.2 Å². The highest BCUT2D eigenvalue weighted by atomic mass is 19.4. The van der Waals surface area contributed by atoms with Crippen LogP contribution in [0.5, 0.6) is 5.75 Å². The Morgan fingerprint density at radius 2 is 1.81 bits per heavy atom. The number of benzene rings is 1. The summed E-state index contributed by atoms with van der Waals surface area (Å²) in [6.45, 7) is -0.488. The molecule has 0 fully saturated rings. The van der Waals surface area contributed by atoms with Gasteiger partial charge in [-0.2, -0.15) is 13.2 Å². The first-order valence-corrected chi connectivity index (χ1v) is 5.60. The number of carboxylic acids is 1. The van der Waals surface area contributed by atoms with Crippen molar-refractivity contribution in [3.8, 4) is 5.75 Å². The fourth-order valence-corrected chi connectivity index (χ4v) is 1.27. The summed E-state index contributed by atoms with van der Waals surface area (Å²) in [7, 11) is 0. The number of hydrogen-bond donors (Lipinski definition) is 1. The number of hydrogen-bond acceptors (Lipinski definition) is 4. The number of esters is 1. The molecule has 0 radical (unpaired) electrons. The van der Waals surface area contributed by atoms with E-state index in [-0.39, 0.29) is 11.3 Å². The quantitative estimate of drug-likeness (QED) is 0.392. The second-order valence-electron chi connectivity index (χ2n) is 3.88. The fraction of sp³-hybridized carbons (Fsp3) is 0.231. The Labute approximate surface area is 117 Å². The molecule has 0 aliphatic carbocycles. The number of carbonyl (C=O) groups is 2. The highest BCUT2D eigenvalue weighted by molar-refractivity contribution is 5.89. The van der Waals surface area contributed by atoms with Crippen molar-refractivity contribution in [3.05, 3.63) is 35.6 Å². The van der Waals surface area contributed by atoms with Crippen molar-refractivity contribution in [2.24, 2.45) is 0 Å². The van der Waals surface area contributed by atoms with E-state index in [1.807, 2.05) is 0 Å². The van der Waals surface area contributed by atoms with Crippen LogP contribution in [0.3, 0.4) is 0 Å². The molecule has 8 heteroatoms. The van der Waals surface area contributed by atoms with Gasteiger partial charge < -0.3 is 14.6 Å². The monoisotopic (exact) mass is 304 g/mol. The molecule has 0 unspecified atom stereocenters. The van der Waals surface area contributed by atoms with Gasteiger partial charge >= 0.3 is 18.1 Å². The average molecular weight is 304 g/mol. The molecular weight excluding hydrogens is 293 g/mol. The molecule has 0 saturated heterocycles. The molecule has 0 aliphatic rings. The topological polar surface area (TPSA) is 72.8 Å². The van der Waals surface area contributed by atoms with E-state index in [4.69, 9.17) is 9.84 Å². The van der Waals surface area contributed by atoms with Crippen LogP contribution >= 0.6 is 0 Å². The highest BCUT2D eigenvalue weighted by Gasteiger charge is 2.29. The summed E-state index contributed by atoms with van der Waals surface area (Å²) >= 11 is 0. The summed E-state index contributed by atoms with van der Waals surface area (Å²) in [5.74, 6) is -2.76. The van der Waals surface area contributed by atoms with Crippen LogP contribution in [0.1, 0.15) is 12.5 Å². The Morgan fingerprint density at radius 1 is 1.24 bits per heavy atom. The van der Waals surface area contributed by atoms with E-state index >= 15 is 0 Å². The SMILES string of the molecule is CC(=O)Oc1ccc(/C=C(\OCC(F)(F)F)C(=O)O)cc1. The fourth-order valence-electron chi connectivity index (χ4n) is 1.27. The molecule has 0 saturated carbocycles. The molecular formula is C13H11F3O5. The molecule has 1 N–H and O–H groups in total. The molecule has 5 nitrogen and oxygen atoms in total. The first kappa shape index (κ1) is 16.5. The summed E-state index contributed by atoms with van der Waals surface area (Å²) < 4.78 is 45.0. The lowest BCUT2D eigenvalue weighted by atomic mass is 10.2. The lowest BCUT2D eigenvalue weighted by Crippen LogP contribution is -2.19. The van der Waals surface area contributed by atoms with E-state index in [0.717, 1.165) is 6.08 Å². The summed E-state index contributed by atoms with van der Waals surface area (Å²) in [5.41, 5.74) is 0.283. The number of alkyl halides is 3. The Morgan fingerprint density at radius 3 is 2.24 bits per heavy atom. The van der Waals surface area contributed by atoms with Crippen molar-refractivity contribution in [1.82, 2.24) is 0 Å². The number of carbonyl (C=O) groups excluding carboxylic acids is 1. The second kappa shape index (κ2) is 6.78. The van der Waals surface area contributed by atoms with Crippen LogP contribution in [-0.2, 0) is 14.3 Å². The zero-order valence-corrected chi connectivity index (χ0v) is 10.8. The third-order valence-electron chi connectivity index (χ3n) is 2.04. The molecule has 21 heavy (non-hydrogen) atoms. The molecule has 114 valence electrons. The van der Waals surface area contributed by atoms with Gasteiger partial charge in [0.2, 0.25) is 5.76 Å². The van der Waals surface area contributed by atoms with Gasteiger partial charge in [-0.15, -0.1) is 0 Å².